The van der Waals surface area contributed by atoms with Gasteiger partial charge in [0.05, 0.1) is 18.5 Å². The standard InChI is InChI=1S/C26H31N3O/c1-19(2)21-7-9-22(10-8-21)26-24(13-14-25(27-26)30-4)29-17-15-28(16-18-29)23-11-5-20(3)6-12-23/h5-14,19H,15-18H2,1-4H3. The fourth-order valence-electron chi connectivity index (χ4n) is 4.00. The van der Waals surface area contributed by atoms with Crippen molar-refractivity contribution in [2.24, 2.45) is 0 Å². The van der Waals surface area contributed by atoms with E-state index in [1.54, 1.807) is 7.11 Å². The fraction of sp³-hybridized carbons (Fsp3) is 0.346. The molecule has 1 aliphatic heterocycles. The van der Waals surface area contributed by atoms with Gasteiger partial charge in [0.1, 0.15) is 0 Å². The van der Waals surface area contributed by atoms with Crippen molar-refractivity contribution >= 4 is 11.4 Å². The number of benzene rings is 2. The van der Waals surface area contributed by atoms with Crippen molar-refractivity contribution in [3.63, 3.8) is 0 Å². The molecule has 4 nitrogen and oxygen atoms in total. The Bertz CT molecular complexity index is 972. The van der Waals surface area contributed by atoms with Crippen LogP contribution in [0.1, 0.15) is 30.9 Å². The minimum Gasteiger partial charge on any atom is -0.481 e. The Morgan fingerprint density at radius 3 is 2.03 bits per heavy atom. The SMILES string of the molecule is COc1ccc(N2CCN(c3ccc(C)cc3)CC2)c(-c2ccc(C(C)C)cc2)n1. The molecule has 30 heavy (non-hydrogen) atoms. The zero-order chi connectivity index (χ0) is 21.1. The molecule has 0 saturated carbocycles. The maximum Gasteiger partial charge on any atom is 0.213 e. The summed E-state index contributed by atoms with van der Waals surface area (Å²) in [4.78, 5) is 9.73. The van der Waals surface area contributed by atoms with Gasteiger partial charge in [0.15, 0.2) is 0 Å². The molecule has 2 aromatic carbocycles. The van der Waals surface area contributed by atoms with Gasteiger partial charge in [0.25, 0.3) is 0 Å². The molecule has 1 aromatic heterocycles. The van der Waals surface area contributed by atoms with E-state index in [1.165, 1.54) is 22.5 Å². The zero-order valence-corrected chi connectivity index (χ0v) is 18.4. The highest BCUT2D eigenvalue weighted by Gasteiger charge is 2.21. The first-order valence-corrected chi connectivity index (χ1v) is 10.8. The van der Waals surface area contributed by atoms with E-state index >= 15 is 0 Å². The Morgan fingerprint density at radius 1 is 0.800 bits per heavy atom. The number of anilines is 2. The Hall–Kier alpha value is -3.01. The van der Waals surface area contributed by atoms with E-state index in [9.17, 15) is 0 Å². The van der Waals surface area contributed by atoms with Gasteiger partial charge in [-0.05, 0) is 36.6 Å². The lowest BCUT2D eigenvalue weighted by molar-refractivity contribution is 0.398. The highest BCUT2D eigenvalue weighted by Crippen LogP contribution is 2.33. The Kier molecular flexibility index (Phi) is 5.93. The molecular formula is C26H31N3O. The largest absolute Gasteiger partial charge is 0.481 e. The van der Waals surface area contributed by atoms with Crippen LogP contribution in [-0.4, -0.2) is 38.3 Å². The third-order valence-electron chi connectivity index (χ3n) is 5.93. The third kappa shape index (κ3) is 4.28. The number of ether oxygens (including phenoxy) is 1. The maximum atomic E-state index is 5.43. The summed E-state index contributed by atoms with van der Waals surface area (Å²) >= 11 is 0. The van der Waals surface area contributed by atoms with Crippen LogP contribution in [0.4, 0.5) is 11.4 Å². The second kappa shape index (κ2) is 8.78. The number of piperazine rings is 1. The van der Waals surface area contributed by atoms with E-state index in [1.807, 2.05) is 6.07 Å². The first kappa shape index (κ1) is 20.3. The molecule has 2 heterocycles. The highest BCUT2D eigenvalue weighted by atomic mass is 16.5. The zero-order valence-electron chi connectivity index (χ0n) is 18.4. The lowest BCUT2D eigenvalue weighted by Crippen LogP contribution is -2.46. The van der Waals surface area contributed by atoms with Gasteiger partial charge >= 0.3 is 0 Å². The predicted octanol–water partition coefficient (Wildman–Crippen LogP) is 5.52. The van der Waals surface area contributed by atoms with Crippen LogP contribution in [0.25, 0.3) is 11.3 Å². The molecule has 1 fully saturated rings. The summed E-state index contributed by atoms with van der Waals surface area (Å²) in [5.41, 5.74) is 7.25. The van der Waals surface area contributed by atoms with Gasteiger partial charge in [-0.1, -0.05) is 55.8 Å². The minimum absolute atomic E-state index is 0.520. The molecular weight excluding hydrogens is 370 g/mol. The van der Waals surface area contributed by atoms with Crippen LogP contribution >= 0.6 is 0 Å². The minimum atomic E-state index is 0.520. The number of aromatic nitrogens is 1. The van der Waals surface area contributed by atoms with Crippen LogP contribution in [0.5, 0.6) is 5.88 Å². The van der Waals surface area contributed by atoms with Crippen molar-refractivity contribution in [2.75, 3.05) is 43.1 Å². The number of nitrogens with zero attached hydrogens (tertiary/aromatic N) is 3. The van der Waals surface area contributed by atoms with Crippen LogP contribution in [0.15, 0.2) is 60.7 Å². The molecule has 0 aliphatic carbocycles. The molecule has 1 saturated heterocycles. The molecule has 4 heteroatoms. The predicted molar refractivity (Wildman–Crippen MR) is 126 cm³/mol. The van der Waals surface area contributed by atoms with Gasteiger partial charge in [-0.15, -0.1) is 0 Å². The molecule has 0 bridgehead atoms. The Labute approximate surface area is 180 Å². The summed E-state index contributed by atoms with van der Waals surface area (Å²) in [6.07, 6.45) is 0. The lowest BCUT2D eigenvalue weighted by Gasteiger charge is -2.38. The number of methoxy groups -OCH3 is 1. The normalized spacial score (nSPS) is 14.3. The van der Waals surface area contributed by atoms with E-state index in [2.05, 4.69) is 85.2 Å². The number of hydrogen-bond donors (Lipinski definition) is 0. The summed E-state index contributed by atoms with van der Waals surface area (Å²) in [5, 5.41) is 0. The van der Waals surface area contributed by atoms with Crippen molar-refractivity contribution in [3.05, 3.63) is 71.8 Å². The Morgan fingerprint density at radius 2 is 1.43 bits per heavy atom. The number of pyridine rings is 1. The second-order valence-electron chi connectivity index (χ2n) is 8.31. The van der Waals surface area contributed by atoms with Gasteiger partial charge in [-0.25, -0.2) is 4.98 Å². The quantitative estimate of drug-likeness (QED) is 0.563. The summed E-state index contributed by atoms with van der Waals surface area (Å²) in [6.45, 7) is 10.5. The van der Waals surface area contributed by atoms with Gasteiger partial charge < -0.3 is 14.5 Å². The van der Waals surface area contributed by atoms with E-state index in [-0.39, 0.29) is 0 Å². The van der Waals surface area contributed by atoms with E-state index < -0.39 is 0 Å². The maximum absolute atomic E-state index is 5.43. The number of aryl methyl sites for hydroxylation is 1. The first-order chi connectivity index (χ1) is 14.5. The molecule has 0 amide bonds. The average molecular weight is 402 g/mol. The van der Waals surface area contributed by atoms with Crippen molar-refractivity contribution in [3.8, 4) is 17.1 Å². The van der Waals surface area contributed by atoms with Crippen molar-refractivity contribution in [2.45, 2.75) is 26.7 Å². The van der Waals surface area contributed by atoms with Gasteiger partial charge in [0, 0.05) is 43.5 Å². The van der Waals surface area contributed by atoms with Crippen LogP contribution in [0.2, 0.25) is 0 Å². The molecule has 4 rings (SSSR count). The van der Waals surface area contributed by atoms with Gasteiger partial charge in [-0.2, -0.15) is 0 Å². The molecule has 0 unspecified atom stereocenters. The first-order valence-electron chi connectivity index (χ1n) is 10.8. The highest BCUT2D eigenvalue weighted by molar-refractivity contribution is 5.76. The molecule has 156 valence electrons. The molecule has 1 aliphatic rings. The fourth-order valence-corrected chi connectivity index (χ4v) is 4.00. The lowest BCUT2D eigenvalue weighted by atomic mass is 10.00. The third-order valence-corrected chi connectivity index (χ3v) is 5.93. The average Bonchev–Trinajstić information content (AvgIpc) is 2.79. The van der Waals surface area contributed by atoms with Crippen LogP contribution in [-0.2, 0) is 0 Å². The number of rotatable bonds is 5. The van der Waals surface area contributed by atoms with Crippen LogP contribution in [0.3, 0.4) is 0 Å². The molecule has 0 spiro atoms. The summed E-state index contributed by atoms with van der Waals surface area (Å²) in [6, 6.07) is 21.7. The second-order valence-corrected chi connectivity index (χ2v) is 8.31. The van der Waals surface area contributed by atoms with Crippen LogP contribution in [0, 0.1) is 6.92 Å². The molecule has 0 radical (unpaired) electrons. The van der Waals surface area contributed by atoms with Gasteiger partial charge in [0.2, 0.25) is 5.88 Å². The van der Waals surface area contributed by atoms with E-state index in [0.29, 0.717) is 11.8 Å². The topological polar surface area (TPSA) is 28.6 Å². The summed E-state index contributed by atoms with van der Waals surface area (Å²) < 4.78 is 5.43. The van der Waals surface area contributed by atoms with E-state index in [4.69, 9.17) is 9.72 Å². The summed E-state index contributed by atoms with van der Waals surface area (Å²) in [7, 11) is 1.67. The van der Waals surface area contributed by atoms with Crippen molar-refractivity contribution in [1.29, 1.82) is 0 Å². The Balaban J connectivity index is 1.57. The molecule has 0 N–H and O–H groups in total. The van der Waals surface area contributed by atoms with E-state index in [0.717, 1.165) is 37.4 Å². The van der Waals surface area contributed by atoms with Crippen molar-refractivity contribution in [1.82, 2.24) is 4.98 Å². The number of hydrogen-bond acceptors (Lipinski definition) is 4. The smallest absolute Gasteiger partial charge is 0.213 e. The van der Waals surface area contributed by atoms with Crippen LogP contribution < -0.4 is 14.5 Å². The molecule has 0 atom stereocenters. The molecule has 3 aromatic rings. The van der Waals surface area contributed by atoms with Crippen molar-refractivity contribution < 1.29 is 4.74 Å². The monoisotopic (exact) mass is 401 g/mol. The van der Waals surface area contributed by atoms with Gasteiger partial charge in [-0.3, -0.25) is 0 Å². The summed E-state index contributed by atoms with van der Waals surface area (Å²) in [5.74, 6) is 1.17.